The number of halogens is 3. The van der Waals surface area contributed by atoms with E-state index in [-0.39, 0.29) is 17.0 Å². The van der Waals surface area contributed by atoms with Crippen LogP contribution in [0.25, 0.3) is 5.52 Å². The van der Waals surface area contributed by atoms with Crippen molar-refractivity contribution in [3.8, 4) is 5.88 Å². The molecule has 1 N–H and O–H groups in total. The van der Waals surface area contributed by atoms with Crippen molar-refractivity contribution in [2.45, 2.75) is 19.5 Å². The highest BCUT2D eigenvalue weighted by Gasteiger charge is 2.35. The molecule has 1 atom stereocenters. The molecule has 2 aromatic rings. The number of nitrogens with zero attached hydrogens (tertiary/aromatic N) is 2. The van der Waals surface area contributed by atoms with Crippen molar-refractivity contribution in [2.24, 2.45) is 5.92 Å². The number of ether oxygens (including phenoxy) is 1. The van der Waals surface area contributed by atoms with Crippen LogP contribution in [0, 0.1) is 5.92 Å². The van der Waals surface area contributed by atoms with Gasteiger partial charge in [-0.2, -0.15) is 22.8 Å². The monoisotopic (exact) mass is 330 g/mol. The lowest BCUT2D eigenvalue weighted by Gasteiger charge is -2.10. The molecule has 23 heavy (non-hydrogen) atoms. The highest BCUT2D eigenvalue weighted by molar-refractivity contribution is 6.04. The Morgan fingerprint density at radius 3 is 2.57 bits per heavy atom. The number of carbonyl (C=O) groups is 2. The summed E-state index contributed by atoms with van der Waals surface area (Å²) in [5, 5.41) is 12.2. The van der Waals surface area contributed by atoms with Gasteiger partial charge in [-0.15, -0.1) is 0 Å². The summed E-state index contributed by atoms with van der Waals surface area (Å²) in [5.41, 5.74) is -1.29. The third-order valence-electron chi connectivity index (χ3n) is 3.28. The molecule has 2 heterocycles. The second-order valence-electron chi connectivity index (χ2n) is 4.98. The van der Waals surface area contributed by atoms with E-state index < -0.39 is 36.0 Å². The number of alkyl halides is 3. The number of carboxylic acids is 1. The van der Waals surface area contributed by atoms with Crippen molar-refractivity contribution < 1.29 is 32.6 Å². The second-order valence-corrected chi connectivity index (χ2v) is 4.98. The van der Waals surface area contributed by atoms with Crippen LogP contribution < -0.4 is 4.74 Å². The van der Waals surface area contributed by atoms with Gasteiger partial charge in [-0.3, -0.25) is 9.59 Å². The van der Waals surface area contributed by atoms with Crippen LogP contribution >= 0.6 is 0 Å². The van der Waals surface area contributed by atoms with Crippen LogP contribution in [0.5, 0.6) is 5.88 Å². The Hall–Kier alpha value is -2.58. The summed E-state index contributed by atoms with van der Waals surface area (Å²) >= 11 is 0. The summed E-state index contributed by atoms with van der Waals surface area (Å²) in [4.78, 5) is 23.0. The first kappa shape index (κ1) is 16.8. The number of carboxylic acid groups (broad SMARTS) is 1. The number of aromatic nitrogens is 2. The zero-order valence-corrected chi connectivity index (χ0v) is 12.2. The van der Waals surface area contributed by atoms with Crippen molar-refractivity contribution in [2.75, 3.05) is 7.11 Å². The Morgan fingerprint density at radius 2 is 2.04 bits per heavy atom. The smallest absolute Gasteiger partial charge is 0.435 e. The fourth-order valence-electron chi connectivity index (χ4n) is 2.17. The molecule has 0 radical (unpaired) electrons. The zero-order valence-electron chi connectivity index (χ0n) is 12.2. The number of Topliss-reactive ketones (excluding diaryl/α,β-unsaturated/α-hetero) is 1. The Labute approximate surface area is 128 Å². The van der Waals surface area contributed by atoms with Gasteiger partial charge in [0.2, 0.25) is 5.88 Å². The molecule has 0 aliphatic rings. The van der Waals surface area contributed by atoms with E-state index >= 15 is 0 Å². The number of hydrogen-bond acceptors (Lipinski definition) is 4. The van der Waals surface area contributed by atoms with E-state index in [2.05, 4.69) is 5.10 Å². The molecule has 2 rings (SSSR count). The molecule has 0 aliphatic heterocycles. The average molecular weight is 330 g/mol. The number of hydrogen-bond donors (Lipinski definition) is 1. The van der Waals surface area contributed by atoms with Gasteiger partial charge >= 0.3 is 12.1 Å². The molecule has 0 spiro atoms. The number of carbonyl (C=O) groups excluding carboxylic acids is 1. The first-order valence-corrected chi connectivity index (χ1v) is 6.55. The van der Waals surface area contributed by atoms with Gasteiger partial charge in [0.25, 0.3) is 0 Å². The fourth-order valence-corrected chi connectivity index (χ4v) is 2.17. The molecular weight excluding hydrogens is 317 g/mol. The maximum atomic E-state index is 12.8. The van der Waals surface area contributed by atoms with Crippen molar-refractivity contribution in [1.82, 2.24) is 9.61 Å². The van der Waals surface area contributed by atoms with E-state index in [1.165, 1.54) is 26.2 Å². The van der Waals surface area contributed by atoms with Gasteiger partial charge in [-0.25, -0.2) is 0 Å². The summed E-state index contributed by atoms with van der Waals surface area (Å²) in [6, 6.07) is 3.35. The van der Waals surface area contributed by atoms with Crippen LogP contribution in [-0.2, 0) is 11.0 Å². The quantitative estimate of drug-likeness (QED) is 0.853. The van der Waals surface area contributed by atoms with Gasteiger partial charge in [0.15, 0.2) is 11.5 Å². The van der Waals surface area contributed by atoms with Gasteiger partial charge in [0.05, 0.1) is 19.0 Å². The summed E-state index contributed by atoms with van der Waals surface area (Å²) in [5.74, 6) is -2.60. The van der Waals surface area contributed by atoms with Crippen LogP contribution in [0.1, 0.15) is 29.4 Å². The van der Waals surface area contributed by atoms with Gasteiger partial charge in [-0.05, 0) is 12.1 Å². The summed E-state index contributed by atoms with van der Waals surface area (Å²) in [7, 11) is 1.26. The standard InChI is InChI=1S/C14H13F3N2O4/c1-7(5-12(20)21)13(22)8-3-4-11(23-2)19-9(8)6-10(18-19)14(15,16)17/h3-4,6-7H,5H2,1-2H3,(H,20,21). The van der Waals surface area contributed by atoms with Crippen molar-refractivity contribution in [3.05, 3.63) is 29.5 Å². The Kier molecular flexibility index (Phi) is 4.31. The summed E-state index contributed by atoms with van der Waals surface area (Å²) < 4.78 is 44.4. The lowest BCUT2D eigenvalue weighted by molar-refractivity contribution is -0.141. The van der Waals surface area contributed by atoms with E-state index in [4.69, 9.17) is 9.84 Å². The van der Waals surface area contributed by atoms with Gasteiger partial charge in [0, 0.05) is 17.5 Å². The number of rotatable bonds is 5. The van der Waals surface area contributed by atoms with Crippen LogP contribution in [-0.4, -0.2) is 33.6 Å². The Morgan fingerprint density at radius 1 is 1.39 bits per heavy atom. The minimum Gasteiger partial charge on any atom is -0.481 e. The van der Waals surface area contributed by atoms with Gasteiger partial charge in [-0.1, -0.05) is 6.92 Å². The van der Waals surface area contributed by atoms with Crippen LogP contribution in [0.4, 0.5) is 13.2 Å². The molecule has 9 heteroatoms. The first-order chi connectivity index (χ1) is 10.6. The highest BCUT2D eigenvalue weighted by Crippen LogP contribution is 2.31. The van der Waals surface area contributed by atoms with Gasteiger partial charge < -0.3 is 9.84 Å². The minimum absolute atomic E-state index is 0.0259. The van der Waals surface area contributed by atoms with Crippen LogP contribution in [0.2, 0.25) is 0 Å². The molecule has 0 saturated heterocycles. The molecule has 1 unspecified atom stereocenters. The second kappa shape index (κ2) is 5.90. The van der Waals surface area contributed by atoms with Crippen molar-refractivity contribution in [1.29, 1.82) is 0 Å². The average Bonchev–Trinajstić information content (AvgIpc) is 2.89. The largest absolute Gasteiger partial charge is 0.481 e. The first-order valence-electron chi connectivity index (χ1n) is 6.55. The molecular formula is C14H13F3N2O4. The maximum Gasteiger partial charge on any atom is 0.435 e. The number of methoxy groups -OCH3 is 1. The number of fused-ring (bicyclic) bond motifs is 1. The molecule has 2 aromatic heterocycles. The molecule has 0 amide bonds. The van der Waals surface area contributed by atoms with E-state index in [1.807, 2.05) is 0 Å². The van der Waals surface area contributed by atoms with E-state index in [0.717, 1.165) is 10.6 Å². The number of pyridine rings is 1. The molecule has 6 nitrogen and oxygen atoms in total. The van der Waals surface area contributed by atoms with Gasteiger partial charge in [0.1, 0.15) is 0 Å². The SMILES string of the molecule is COc1ccc(C(=O)C(C)CC(=O)O)c2cc(C(F)(F)F)nn12. The topological polar surface area (TPSA) is 80.9 Å². The number of aliphatic carboxylic acids is 1. The fraction of sp³-hybridized carbons (Fsp3) is 0.357. The highest BCUT2D eigenvalue weighted by atomic mass is 19.4. The predicted octanol–water partition coefficient (Wildman–Crippen LogP) is 2.66. The minimum atomic E-state index is -4.68. The summed E-state index contributed by atoms with van der Waals surface area (Å²) in [6.07, 6.45) is -5.10. The zero-order chi connectivity index (χ0) is 17.4. The van der Waals surface area contributed by atoms with Crippen molar-refractivity contribution in [3.63, 3.8) is 0 Å². The molecule has 0 saturated carbocycles. The molecule has 0 aliphatic carbocycles. The number of ketones is 1. The predicted molar refractivity (Wildman–Crippen MR) is 72.5 cm³/mol. The summed E-state index contributed by atoms with van der Waals surface area (Å²) in [6.45, 7) is 1.40. The maximum absolute atomic E-state index is 12.8. The molecule has 124 valence electrons. The van der Waals surface area contributed by atoms with E-state index in [1.54, 1.807) is 0 Å². The van der Waals surface area contributed by atoms with Crippen LogP contribution in [0.3, 0.4) is 0 Å². The Balaban J connectivity index is 2.59. The van der Waals surface area contributed by atoms with E-state index in [9.17, 15) is 22.8 Å². The molecule has 0 aromatic carbocycles. The molecule has 0 fully saturated rings. The van der Waals surface area contributed by atoms with Crippen LogP contribution in [0.15, 0.2) is 18.2 Å². The Bertz CT molecular complexity index is 767. The third kappa shape index (κ3) is 3.27. The van der Waals surface area contributed by atoms with Crippen molar-refractivity contribution >= 4 is 17.3 Å². The third-order valence-corrected chi connectivity index (χ3v) is 3.28. The van der Waals surface area contributed by atoms with E-state index in [0.29, 0.717) is 0 Å². The lowest BCUT2D eigenvalue weighted by Crippen LogP contribution is -2.16. The molecule has 0 bridgehead atoms. The normalized spacial score (nSPS) is 13.1. The lowest BCUT2D eigenvalue weighted by atomic mass is 9.96.